The fourth-order valence-corrected chi connectivity index (χ4v) is 1.38. The lowest BCUT2D eigenvalue weighted by Gasteiger charge is -2.15. The predicted molar refractivity (Wildman–Crippen MR) is 71.9 cm³/mol. The van der Waals surface area contributed by atoms with Crippen LogP contribution in [-0.4, -0.2) is 19.0 Å². The molecule has 3 nitrogen and oxygen atoms in total. The third-order valence-electron chi connectivity index (χ3n) is 2.95. The minimum Gasteiger partial charge on any atom is -0.325 e. The van der Waals surface area contributed by atoms with Crippen molar-refractivity contribution in [1.82, 2.24) is 5.32 Å². The number of carbonyl (C=O) groups excluding carboxylic acids is 1. The van der Waals surface area contributed by atoms with E-state index in [2.05, 4.69) is 31.4 Å². The van der Waals surface area contributed by atoms with Crippen LogP contribution >= 0.6 is 0 Å². The number of hydrogen-bond donors (Lipinski definition) is 2. The maximum atomic E-state index is 11.6. The van der Waals surface area contributed by atoms with Gasteiger partial charge in [0.25, 0.3) is 0 Å². The summed E-state index contributed by atoms with van der Waals surface area (Å²) in [6, 6.07) is 9.51. The molecule has 0 aromatic heterocycles. The zero-order chi connectivity index (χ0) is 12.7. The van der Waals surface area contributed by atoms with Crippen LogP contribution in [0, 0.1) is 11.8 Å². The quantitative estimate of drug-likeness (QED) is 0.794. The molecule has 2 N–H and O–H groups in total. The predicted octanol–water partition coefficient (Wildman–Crippen LogP) is 2.51. The number of anilines is 1. The van der Waals surface area contributed by atoms with Crippen LogP contribution in [-0.2, 0) is 4.79 Å². The Balaban J connectivity index is 2.22. The first kappa shape index (κ1) is 13.7. The van der Waals surface area contributed by atoms with Crippen molar-refractivity contribution in [2.45, 2.75) is 20.8 Å². The summed E-state index contributed by atoms with van der Waals surface area (Å²) in [5.41, 5.74) is 0.844. The highest BCUT2D eigenvalue weighted by Gasteiger charge is 2.07. The topological polar surface area (TPSA) is 41.1 Å². The van der Waals surface area contributed by atoms with Crippen LogP contribution in [0.1, 0.15) is 20.8 Å². The Bertz CT molecular complexity index is 335. The van der Waals surface area contributed by atoms with E-state index in [1.165, 1.54) is 0 Å². The van der Waals surface area contributed by atoms with Crippen LogP contribution in [0.4, 0.5) is 5.69 Å². The van der Waals surface area contributed by atoms with Crippen LogP contribution in [0.15, 0.2) is 30.3 Å². The Morgan fingerprint density at radius 1 is 1.18 bits per heavy atom. The van der Waals surface area contributed by atoms with Gasteiger partial charge in [0.2, 0.25) is 5.91 Å². The SMILES string of the molecule is CC(C)C(C)CNCC(=O)Nc1ccccc1. The molecule has 1 aromatic rings. The molecular formula is C14H22N2O. The first-order valence-corrected chi connectivity index (χ1v) is 6.15. The van der Waals surface area contributed by atoms with Crippen molar-refractivity contribution in [3.8, 4) is 0 Å². The highest BCUT2D eigenvalue weighted by Crippen LogP contribution is 2.07. The van der Waals surface area contributed by atoms with E-state index in [0.29, 0.717) is 18.4 Å². The van der Waals surface area contributed by atoms with Gasteiger partial charge in [-0.25, -0.2) is 0 Å². The van der Waals surface area contributed by atoms with Gasteiger partial charge in [0.05, 0.1) is 6.54 Å². The largest absolute Gasteiger partial charge is 0.325 e. The van der Waals surface area contributed by atoms with E-state index in [-0.39, 0.29) is 5.91 Å². The lowest BCUT2D eigenvalue weighted by Crippen LogP contribution is -2.32. The molecule has 1 unspecified atom stereocenters. The highest BCUT2D eigenvalue weighted by atomic mass is 16.1. The minimum atomic E-state index is 0.00663. The van der Waals surface area contributed by atoms with Crippen molar-refractivity contribution < 1.29 is 4.79 Å². The number of para-hydroxylation sites is 1. The third-order valence-corrected chi connectivity index (χ3v) is 2.95. The number of carbonyl (C=O) groups is 1. The van der Waals surface area contributed by atoms with Gasteiger partial charge in [-0.15, -0.1) is 0 Å². The van der Waals surface area contributed by atoms with Crippen molar-refractivity contribution >= 4 is 11.6 Å². The van der Waals surface area contributed by atoms with E-state index >= 15 is 0 Å². The molecule has 1 atom stereocenters. The number of benzene rings is 1. The molecule has 0 heterocycles. The highest BCUT2D eigenvalue weighted by molar-refractivity contribution is 5.92. The first-order chi connectivity index (χ1) is 8.09. The zero-order valence-electron chi connectivity index (χ0n) is 10.9. The van der Waals surface area contributed by atoms with Gasteiger partial charge in [-0.1, -0.05) is 39.0 Å². The van der Waals surface area contributed by atoms with Crippen molar-refractivity contribution in [1.29, 1.82) is 0 Å². The standard InChI is InChI=1S/C14H22N2O/c1-11(2)12(3)9-15-10-14(17)16-13-7-5-4-6-8-13/h4-8,11-12,15H,9-10H2,1-3H3,(H,16,17). The summed E-state index contributed by atoms with van der Waals surface area (Å²) in [6.07, 6.45) is 0. The van der Waals surface area contributed by atoms with E-state index in [9.17, 15) is 4.79 Å². The smallest absolute Gasteiger partial charge is 0.238 e. The van der Waals surface area contributed by atoms with Crippen LogP contribution in [0.5, 0.6) is 0 Å². The molecule has 0 bridgehead atoms. The van der Waals surface area contributed by atoms with Gasteiger partial charge in [-0.2, -0.15) is 0 Å². The maximum absolute atomic E-state index is 11.6. The van der Waals surface area contributed by atoms with Gasteiger partial charge < -0.3 is 10.6 Å². The van der Waals surface area contributed by atoms with Gasteiger partial charge in [-0.3, -0.25) is 4.79 Å². The van der Waals surface area contributed by atoms with Crippen LogP contribution in [0.2, 0.25) is 0 Å². The van der Waals surface area contributed by atoms with Gasteiger partial charge in [0.15, 0.2) is 0 Å². The van der Waals surface area contributed by atoms with Crippen molar-refractivity contribution in [2.24, 2.45) is 11.8 Å². The van der Waals surface area contributed by atoms with Crippen LogP contribution < -0.4 is 10.6 Å². The second kappa shape index (κ2) is 7.07. The lowest BCUT2D eigenvalue weighted by atomic mass is 9.98. The van der Waals surface area contributed by atoms with Gasteiger partial charge in [0.1, 0.15) is 0 Å². The van der Waals surface area contributed by atoms with E-state index in [4.69, 9.17) is 0 Å². The van der Waals surface area contributed by atoms with Crippen molar-refractivity contribution in [3.05, 3.63) is 30.3 Å². The fraction of sp³-hybridized carbons (Fsp3) is 0.500. The van der Waals surface area contributed by atoms with Gasteiger partial charge in [-0.05, 0) is 30.5 Å². The fourth-order valence-electron chi connectivity index (χ4n) is 1.38. The first-order valence-electron chi connectivity index (χ1n) is 6.15. The Morgan fingerprint density at radius 2 is 1.82 bits per heavy atom. The minimum absolute atomic E-state index is 0.00663. The summed E-state index contributed by atoms with van der Waals surface area (Å²) < 4.78 is 0. The van der Waals surface area contributed by atoms with E-state index < -0.39 is 0 Å². The molecule has 0 spiro atoms. The summed E-state index contributed by atoms with van der Waals surface area (Å²) >= 11 is 0. The summed E-state index contributed by atoms with van der Waals surface area (Å²) in [5.74, 6) is 1.23. The average molecular weight is 234 g/mol. The number of amides is 1. The molecule has 0 radical (unpaired) electrons. The second-order valence-electron chi connectivity index (χ2n) is 4.77. The number of nitrogens with one attached hydrogen (secondary N) is 2. The summed E-state index contributed by atoms with van der Waals surface area (Å²) in [5, 5.41) is 6.02. The molecule has 0 aliphatic rings. The molecule has 0 aliphatic heterocycles. The van der Waals surface area contributed by atoms with E-state index in [1.807, 2.05) is 30.3 Å². The molecule has 0 fully saturated rings. The zero-order valence-corrected chi connectivity index (χ0v) is 10.9. The molecule has 1 aromatic carbocycles. The van der Waals surface area contributed by atoms with Crippen molar-refractivity contribution in [2.75, 3.05) is 18.4 Å². The van der Waals surface area contributed by atoms with E-state index in [0.717, 1.165) is 12.2 Å². The molecule has 0 saturated carbocycles. The molecular weight excluding hydrogens is 212 g/mol. The molecule has 1 amide bonds. The van der Waals surface area contributed by atoms with Gasteiger partial charge >= 0.3 is 0 Å². The molecule has 0 aliphatic carbocycles. The van der Waals surface area contributed by atoms with Gasteiger partial charge in [0, 0.05) is 5.69 Å². The number of hydrogen-bond acceptors (Lipinski definition) is 2. The monoisotopic (exact) mass is 234 g/mol. The van der Waals surface area contributed by atoms with E-state index in [1.54, 1.807) is 0 Å². The van der Waals surface area contributed by atoms with Crippen LogP contribution in [0.25, 0.3) is 0 Å². The summed E-state index contributed by atoms with van der Waals surface area (Å²) in [4.78, 5) is 11.6. The molecule has 1 rings (SSSR count). The molecule has 17 heavy (non-hydrogen) atoms. The Kier molecular flexibility index (Phi) is 5.70. The third kappa shape index (κ3) is 5.50. The Labute approximate surface area is 104 Å². The van der Waals surface area contributed by atoms with Crippen molar-refractivity contribution in [3.63, 3.8) is 0 Å². The maximum Gasteiger partial charge on any atom is 0.238 e. The normalized spacial score (nSPS) is 12.5. The average Bonchev–Trinajstić information content (AvgIpc) is 2.30. The lowest BCUT2D eigenvalue weighted by molar-refractivity contribution is -0.115. The summed E-state index contributed by atoms with van der Waals surface area (Å²) in [7, 11) is 0. The Morgan fingerprint density at radius 3 is 2.41 bits per heavy atom. The second-order valence-corrected chi connectivity index (χ2v) is 4.77. The number of rotatable bonds is 6. The molecule has 3 heteroatoms. The molecule has 0 saturated heterocycles. The summed E-state index contributed by atoms with van der Waals surface area (Å²) in [6.45, 7) is 7.81. The van der Waals surface area contributed by atoms with Crippen LogP contribution in [0.3, 0.4) is 0 Å². The molecule has 94 valence electrons. The Hall–Kier alpha value is -1.35.